The minimum atomic E-state index is -0.405. The van der Waals surface area contributed by atoms with Gasteiger partial charge in [0.15, 0.2) is 11.5 Å². The Kier molecular flexibility index (Phi) is 3.46. The van der Waals surface area contributed by atoms with Gasteiger partial charge in [0.05, 0.1) is 11.9 Å². The maximum atomic E-state index is 14.0. The number of nitrogens with one attached hydrogen (secondary N) is 2. The summed E-state index contributed by atoms with van der Waals surface area (Å²) in [5.74, 6) is 0.382. The Labute approximate surface area is 133 Å². The van der Waals surface area contributed by atoms with Gasteiger partial charge in [-0.05, 0) is 31.5 Å². The minimum Gasteiger partial charge on any atom is -0.367 e. The molecule has 118 valence electrons. The SMILES string of the molecule is CNCc1cccc(-c2cc(NC3CC3)n3ncc(F)c3n2)c1. The van der Waals surface area contributed by atoms with Crippen LogP contribution in [0, 0.1) is 5.82 Å². The highest BCUT2D eigenvalue weighted by Crippen LogP contribution is 2.28. The second kappa shape index (κ2) is 5.62. The largest absolute Gasteiger partial charge is 0.367 e. The van der Waals surface area contributed by atoms with Crippen LogP contribution in [0.15, 0.2) is 36.5 Å². The van der Waals surface area contributed by atoms with Crippen molar-refractivity contribution < 1.29 is 4.39 Å². The van der Waals surface area contributed by atoms with E-state index in [1.807, 2.05) is 25.2 Å². The number of fused-ring (bicyclic) bond motifs is 1. The van der Waals surface area contributed by atoms with Crippen LogP contribution in [-0.4, -0.2) is 27.7 Å². The van der Waals surface area contributed by atoms with Crippen molar-refractivity contribution in [3.05, 3.63) is 47.9 Å². The Balaban J connectivity index is 1.82. The van der Waals surface area contributed by atoms with Crippen LogP contribution in [0.4, 0.5) is 10.2 Å². The lowest BCUT2D eigenvalue weighted by Gasteiger charge is -2.10. The molecule has 1 aromatic carbocycles. The molecule has 5 nitrogen and oxygen atoms in total. The van der Waals surface area contributed by atoms with Gasteiger partial charge in [0.2, 0.25) is 0 Å². The van der Waals surface area contributed by atoms with Crippen LogP contribution in [0.2, 0.25) is 0 Å². The Hall–Kier alpha value is -2.47. The summed E-state index contributed by atoms with van der Waals surface area (Å²) >= 11 is 0. The van der Waals surface area contributed by atoms with E-state index in [4.69, 9.17) is 0 Å². The number of hydrogen-bond donors (Lipinski definition) is 2. The molecule has 0 aliphatic heterocycles. The van der Waals surface area contributed by atoms with Crippen molar-refractivity contribution in [3.63, 3.8) is 0 Å². The monoisotopic (exact) mass is 311 g/mol. The van der Waals surface area contributed by atoms with E-state index in [9.17, 15) is 4.39 Å². The Morgan fingerprint density at radius 1 is 1.30 bits per heavy atom. The molecule has 2 aromatic heterocycles. The molecule has 6 heteroatoms. The predicted molar refractivity (Wildman–Crippen MR) is 87.8 cm³/mol. The summed E-state index contributed by atoms with van der Waals surface area (Å²) in [5.41, 5.74) is 3.14. The van der Waals surface area contributed by atoms with Gasteiger partial charge >= 0.3 is 0 Å². The Bertz CT molecular complexity index is 853. The molecular formula is C17H18FN5. The van der Waals surface area contributed by atoms with E-state index >= 15 is 0 Å². The normalized spacial score (nSPS) is 14.3. The zero-order valence-corrected chi connectivity index (χ0v) is 12.9. The van der Waals surface area contributed by atoms with Crippen molar-refractivity contribution in [2.75, 3.05) is 12.4 Å². The molecule has 0 radical (unpaired) electrons. The van der Waals surface area contributed by atoms with Crippen LogP contribution in [0.3, 0.4) is 0 Å². The number of hydrogen-bond acceptors (Lipinski definition) is 4. The molecule has 23 heavy (non-hydrogen) atoms. The first-order valence-electron chi connectivity index (χ1n) is 7.79. The number of benzene rings is 1. The van der Waals surface area contributed by atoms with E-state index in [0.717, 1.165) is 42.0 Å². The van der Waals surface area contributed by atoms with E-state index in [2.05, 4.69) is 32.8 Å². The van der Waals surface area contributed by atoms with Gasteiger partial charge in [-0.15, -0.1) is 0 Å². The lowest BCUT2D eigenvalue weighted by atomic mass is 10.1. The average molecular weight is 311 g/mol. The maximum Gasteiger partial charge on any atom is 0.194 e. The lowest BCUT2D eigenvalue weighted by Crippen LogP contribution is -2.08. The number of halogens is 1. The summed E-state index contributed by atoms with van der Waals surface area (Å²) in [4.78, 5) is 4.46. The molecule has 0 atom stereocenters. The topological polar surface area (TPSA) is 54.2 Å². The molecule has 0 bridgehead atoms. The van der Waals surface area contributed by atoms with Gasteiger partial charge in [-0.2, -0.15) is 9.61 Å². The summed E-state index contributed by atoms with van der Waals surface area (Å²) in [6, 6.07) is 10.5. The molecule has 3 aromatic rings. The second-order valence-corrected chi connectivity index (χ2v) is 5.90. The Morgan fingerprint density at radius 3 is 2.96 bits per heavy atom. The molecular weight excluding hydrogens is 293 g/mol. The van der Waals surface area contributed by atoms with Crippen molar-refractivity contribution in [3.8, 4) is 11.3 Å². The fourth-order valence-electron chi connectivity index (χ4n) is 2.67. The molecule has 0 amide bonds. The summed E-state index contributed by atoms with van der Waals surface area (Å²) in [7, 11) is 1.91. The molecule has 4 rings (SSSR count). The molecule has 1 saturated carbocycles. The van der Waals surface area contributed by atoms with E-state index in [1.54, 1.807) is 0 Å². The Morgan fingerprint density at radius 2 is 2.17 bits per heavy atom. The van der Waals surface area contributed by atoms with Crippen LogP contribution in [0.1, 0.15) is 18.4 Å². The van der Waals surface area contributed by atoms with Crippen LogP contribution in [0.25, 0.3) is 16.9 Å². The molecule has 2 heterocycles. The third-order valence-electron chi connectivity index (χ3n) is 3.96. The van der Waals surface area contributed by atoms with Gasteiger partial charge in [-0.1, -0.05) is 18.2 Å². The van der Waals surface area contributed by atoms with Crippen molar-refractivity contribution in [1.82, 2.24) is 19.9 Å². The second-order valence-electron chi connectivity index (χ2n) is 5.90. The summed E-state index contributed by atoms with van der Waals surface area (Å²) < 4.78 is 15.5. The highest BCUT2D eigenvalue weighted by Gasteiger charge is 2.23. The van der Waals surface area contributed by atoms with Crippen molar-refractivity contribution in [2.24, 2.45) is 0 Å². The molecule has 1 aliphatic carbocycles. The van der Waals surface area contributed by atoms with Gasteiger partial charge in [0.1, 0.15) is 5.82 Å². The highest BCUT2D eigenvalue weighted by atomic mass is 19.1. The number of anilines is 1. The molecule has 0 saturated heterocycles. The van der Waals surface area contributed by atoms with Gasteiger partial charge < -0.3 is 10.6 Å². The minimum absolute atomic E-state index is 0.254. The fraction of sp³-hybridized carbons (Fsp3) is 0.294. The quantitative estimate of drug-likeness (QED) is 0.761. The zero-order chi connectivity index (χ0) is 15.8. The molecule has 1 aliphatic rings. The van der Waals surface area contributed by atoms with Crippen LogP contribution in [0.5, 0.6) is 0 Å². The first kappa shape index (κ1) is 14.1. The molecule has 1 fully saturated rings. The van der Waals surface area contributed by atoms with E-state index < -0.39 is 5.82 Å². The van der Waals surface area contributed by atoms with Crippen molar-refractivity contribution >= 4 is 11.5 Å². The van der Waals surface area contributed by atoms with Crippen molar-refractivity contribution in [2.45, 2.75) is 25.4 Å². The van der Waals surface area contributed by atoms with Gasteiger partial charge in [-0.25, -0.2) is 9.37 Å². The van der Waals surface area contributed by atoms with Gasteiger partial charge in [0, 0.05) is 24.2 Å². The van der Waals surface area contributed by atoms with E-state index in [-0.39, 0.29) is 5.65 Å². The van der Waals surface area contributed by atoms with Crippen LogP contribution < -0.4 is 10.6 Å². The zero-order valence-electron chi connectivity index (χ0n) is 12.9. The standard InChI is InChI=1S/C17H18FN5/c1-19-9-11-3-2-4-12(7-11)15-8-16(21-13-5-6-13)23-17(22-15)14(18)10-20-23/h2-4,7-8,10,13,19,21H,5-6,9H2,1H3. The number of nitrogens with zero attached hydrogens (tertiary/aromatic N) is 3. The van der Waals surface area contributed by atoms with Gasteiger partial charge in [-0.3, -0.25) is 0 Å². The van der Waals surface area contributed by atoms with Crippen LogP contribution >= 0.6 is 0 Å². The summed E-state index contributed by atoms with van der Waals surface area (Å²) in [6.45, 7) is 0.782. The predicted octanol–water partition coefficient (Wildman–Crippen LogP) is 2.83. The van der Waals surface area contributed by atoms with Gasteiger partial charge in [0.25, 0.3) is 0 Å². The maximum absolute atomic E-state index is 14.0. The van der Waals surface area contributed by atoms with E-state index in [1.165, 1.54) is 10.7 Å². The lowest BCUT2D eigenvalue weighted by molar-refractivity contribution is 0.636. The fourth-order valence-corrected chi connectivity index (χ4v) is 2.67. The number of rotatable bonds is 5. The van der Waals surface area contributed by atoms with Crippen molar-refractivity contribution in [1.29, 1.82) is 0 Å². The third-order valence-corrected chi connectivity index (χ3v) is 3.96. The first-order valence-corrected chi connectivity index (χ1v) is 7.79. The molecule has 2 N–H and O–H groups in total. The van der Waals surface area contributed by atoms with E-state index in [0.29, 0.717) is 6.04 Å². The molecule has 0 spiro atoms. The van der Waals surface area contributed by atoms with Crippen LogP contribution in [-0.2, 0) is 6.54 Å². The first-order chi connectivity index (χ1) is 11.2. The highest BCUT2D eigenvalue weighted by molar-refractivity contribution is 5.67. The third kappa shape index (κ3) is 2.77. The number of aromatic nitrogens is 3. The average Bonchev–Trinajstić information content (AvgIpc) is 3.30. The summed E-state index contributed by atoms with van der Waals surface area (Å²) in [6.07, 6.45) is 3.49. The molecule has 0 unspecified atom stereocenters. The smallest absolute Gasteiger partial charge is 0.194 e. The summed E-state index contributed by atoms with van der Waals surface area (Å²) in [5, 5.41) is 10.6.